The molecule has 0 saturated heterocycles. The van der Waals surface area contributed by atoms with Crippen molar-refractivity contribution in [1.29, 1.82) is 0 Å². The summed E-state index contributed by atoms with van der Waals surface area (Å²) in [5.74, 6) is -0.424. The molecule has 6 heteroatoms. The zero-order chi connectivity index (χ0) is 16.8. The molecule has 1 heterocycles. The van der Waals surface area contributed by atoms with Crippen LogP contribution in [0, 0.1) is 6.92 Å². The minimum Gasteiger partial charge on any atom is -0.496 e. The Morgan fingerprint density at radius 1 is 1.35 bits per heavy atom. The van der Waals surface area contributed by atoms with Crippen molar-refractivity contribution in [3.63, 3.8) is 0 Å². The van der Waals surface area contributed by atoms with E-state index in [1.807, 2.05) is 42.6 Å². The number of ether oxygens (including phenoxy) is 1. The van der Waals surface area contributed by atoms with Gasteiger partial charge in [-0.05, 0) is 35.6 Å². The summed E-state index contributed by atoms with van der Waals surface area (Å²) in [6, 6.07) is 8.75. The Morgan fingerprint density at radius 3 is 2.74 bits per heavy atom. The number of carboxylic acid groups (broad SMARTS) is 1. The van der Waals surface area contributed by atoms with E-state index in [0.717, 1.165) is 21.8 Å². The Balaban J connectivity index is 2.06. The molecule has 0 unspecified atom stereocenters. The third-order valence-corrected chi connectivity index (χ3v) is 4.42. The number of carboxylic acids is 1. The van der Waals surface area contributed by atoms with E-state index in [1.54, 1.807) is 7.11 Å². The second-order valence-electron chi connectivity index (χ2n) is 5.21. The fourth-order valence-electron chi connectivity index (χ4n) is 2.29. The molecule has 23 heavy (non-hydrogen) atoms. The standard InChI is InChI=1S/C17H19NO4S/c1-11-5-6-12(8-14(11)22-2)9-16(19)18-13(10-17(20)21)15-4-3-7-23-15/h3-8,13H,9-10H2,1-2H3,(H,18,19)(H,20,21)/t13-/m0/s1. The van der Waals surface area contributed by atoms with E-state index in [1.165, 1.54) is 11.3 Å². The number of carbonyl (C=O) groups is 2. The summed E-state index contributed by atoms with van der Waals surface area (Å²) in [4.78, 5) is 24.1. The number of methoxy groups -OCH3 is 1. The highest BCUT2D eigenvalue weighted by Gasteiger charge is 2.19. The smallest absolute Gasteiger partial charge is 0.305 e. The van der Waals surface area contributed by atoms with Crippen molar-refractivity contribution in [2.75, 3.05) is 7.11 Å². The maximum atomic E-state index is 12.2. The molecule has 2 aromatic rings. The fraction of sp³-hybridized carbons (Fsp3) is 0.294. The van der Waals surface area contributed by atoms with Crippen molar-refractivity contribution in [1.82, 2.24) is 5.32 Å². The summed E-state index contributed by atoms with van der Waals surface area (Å²) in [7, 11) is 1.59. The fourth-order valence-corrected chi connectivity index (χ4v) is 3.07. The third kappa shape index (κ3) is 4.82. The number of hydrogen-bond acceptors (Lipinski definition) is 4. The Hall–Kier alpha value is -2.34. The van der Waals surface area contributed by atoms with Crippen LogP contribution in [0.3, 0.4) is 0 Å². The zero-order valence-corrected chi connectivity index (χ0v) is 13.9. The van der Waals surface area contributed by atoms with Gasteiger partial charge in [0, 0.05) is 4.88 Å². The van der Waals surface area contributed by atoms with E-state index in [9.17, 15) is 9.59 Å². The van der Waals surface area contributed by atoms with Crippen molar-refractivity contribution in [3.8, 4) is 5.75 Å². The molecule has 0 radical (unpaired) electrons. The highest BCUT2D eigenvalue weighted by atomic mass is 32.1. The number of hydrogen-bond donors (Lipinski definition) is 2. The first-order valence-electron chi connectivity index (χ1n) is 7.17. The molecule has 0 aliphatic rings. The van der Waals surface area contributed by atoms with Crippen LogP contribution in [0.25, 0.3) is 0 Å². The van der Waals surface area contributed by atoms with Crippen LogP contribution in [0.4, 0.5) is 0 Å². The van der Waals surface area contributed by atoms with Crippen molar-refractivity contribution < 1.29 is 19.4 Å². The Morgan fingerprint density at radius 2 is 2.13 bits per heavy atom. The molecule has 0 aliphatic heterocycles. The lowest BCUT2D eigenvalue weighted by atomic mass is 10.1. The van der Waals surface area contributed by atoms with E-state index in [0.29, 0.717) is 0 Å². The molecular weight excluding hydrogens is 314 g/mol. The molecular formula is C17H19NO4S. The minimum atomic E-state index is -0.944. The number of benzene rings is 1. The quantitative estimate of drug-likeness (QED) is 0.817. The number of nitrogens with one attached hydrogen (secondary N) is 1. The molecule has 122 valence electrons. The second-order valence-corrected chi connectivity index (χ2v) is 6.19. The van der Waals surface area contributed by atoms with E-state index in [4.69, 9.17) is 9.84 Å². The van der Waals surface area contributed by atoms with Gasteiger partial charge in [-0.15, -0.1) is 11.3 Å². The molecule has 1 aromatic heterocycles. The predicted molar refractivity (Wildman–Crippen MR) is 88.9 cm³/mol. The van der Waals surface area contributed by atoms with Crippen molar-refractivity contribution >= 4 is 23.2 Å². The second kappa shape index (κ2) is 7.78. The van der Waals surface area contributed by atoms with Crippen LogP contribution in [-0.2, 0) is 16.0 Å². The average Bonchev–Trinajstić information content (AvgIpc) is 3.02. The van der Waals surface area contributed by atoms with Gasteiger partial charge in [0.1, 0.15) is 5.75 Å². The van der Waals surface area contributed by atoms with Crippen LogP contribution in [0.1, 0.15) is 28.5 Å². The van der Waals surface area contributed by atoms with Crippen LogP contribution < -0.4 is 10.1 Å². The molecule has 1 atom stereocenters. The Bertz CT molecular complexity index is 682. The van der Waals surface area contributed by atoms with E-state index in [-0.39, 0.29) is 18.7 Å². The van der Waals surface area contributed by atoms with Gasteiger partial charge in [-0.1, -0.05) is 18.2 Å². The van der Waals surface area contributed by atoms with Gasteiger partial charge < -0.3 is 15.2 Å². The molecule has 0 saturated carbocycles. The summed E-state index contributed by atoms with van der Waals surface area (Å²) < 4.78 is 5.25. The predicted octanol–water partition coefficient (Wildman–Crippen LogP) is 2.94. The topological polar surface area (TPSA) is 75.6 Å². The normalized spacial score (nSPS) is 11.7. The summed E-state index contributed by atoms with van der Waals surface area (Å²) in [6.45, 7) is 1.93. The van der Waals surface area contributed by atoms with Crippen molar-refractivity contribution in [2.45, 2.75) is 25.8 Å². The van der Waals surface area contributed by atoms with Gasteiger partial charge in [0.25, 0.3) is 0 Å². The first-order valence-corrected chi connectivity index (χ1v) is 8.05. The van der Waals surface area contributed by atoms with E-state index in [2.05, 4.69) is 5.32 Å². The van der Waals surface area contributed by atoms with Gasteiger partial charge in [-0.3, -0.25) is 9.59 Å². The van der Waals surface area contributed by atoms with Gasteiger partial charge in [0.05, 0.1) is 26.0 Å². The van der Waals surface area contributed by atoms with Crippen molar-refractivity contribution in [2.24, 2.45) is 0 Å². The maximum Gasteiger partial charge on any atom is 0.305 e. The molecule has 0 bridgehead atoms. The highest BCUT2D eigenvalue weighted by molar-refractivity contribution is 7.10. The summed E-state index contributed by atoms with van der Waals surface area (Å²) in [5, 5.41) is 13.7. The molecule has 1 amide bonds. The third-order valence-electron chi connectivity index (χ3n) is 3.44. The van der Waals surface area contributed by atoms with Crippen LogP contribution in [-0.4, -0.2) is 24.1 Å². The molecule has 0 fully saturated rings. The van der Waals surface area contributed by atoms with Gasteiger partial charge >= 0.3 is 5.97 Å². The van der Waals surface area contributed by atoms with Gasteiger partial charge in [0.15, 0.2) is 0 Å². The number of rotatable bonds is 7. The molecule has 5 nitrogen and oxygen atoms in total. The maximum absolute atomic E-state index is 12.2. The number of amides is 1. The summed E-state index contributed by atoms with van der Waals surface area (Å²) >= 11 is 1.43. The van der Waals surface area contributed by atoms with Gasteiger partial charge in [0.2, 0.25) is 5.91 Å². The Kier molecular flexibility index (Phi) is 5.76. The first-order chi connectivity index (χ1) is 11.0. The highest BCUT2D eigenvalue weighted by Crippen LogP contribution is 2.23. The van der Waals surface area contributed by atoms with Gasteiger partial charge in [-0.2, -0.15) is 0 Å². The van der Waals surface area contributed by atoms with Crippen LogP contribution >= 0.6 is 11.3 Å². The van der Waals surface area contributed by atoms with Crippen LogP contribution in [0.2, 0.25) is 0 Å². The largest absolute Gasteiger partial charge is 0.496 e. The molecule has 0 spiro atoms. The lowest BCUT2D eigenvalue weighted by molar-refractivity contribution is -0.137. The molecule has 2 rings (SSSR count). The van der Waals surface area contributed by atoms with Gasteiger partial charge in [-0.25, -0.2) is 0 Å². The minimum absolute atomic E-state index is 0.135. The lowest BCUT2D eigenvalue weighted by Gasteiger charge is -2.16. The summed E-state index contributed by atoms with van der Waals surface area (Å²) in [6.07, 6.45) is 0.0433. The Labute approximate surface area is 138 Å². The first kappa shape index (κ1) is 17.0. The van der Waals surface area contributed by atoms with Crippen molar-refractivity contribution in [3.05, 3.63) is 51.7 Å². The lowest BCUT2D eigenvalue weighted by Crippen LogP contribution is -2.30. The summed E-state index contributed by atoms with van der Waals surface area (Å²) in [5.41, 5.74) is 1.82. The monoisotopic (exact) mass is 333 g/mol. The van der Waals surface area contributed by atoms with E-state index >= 15 is 0 Å². The van der Waals surface area contributed by atoms with Crippen LogP contribution in [0.5, 0.6) is 5.75 Å². The number of aliphatic carboxylic acids is 1. The number of thiophene rings is 1. The molecule has 2 N–H and O–H groups in total. The van der Waals surface area contributed by atoms with Crippen LogP contribution in [0.15, 0.2) is 35.7 Å². The average molecular weight is 333 g/mol. The van der Waals surface area contributed by atoms with E-state index < -0.39 is 12.0 Å². The molecule has 0 aliphatic carbocycles. The number of carbonyl (C=O) groups excluding carboxylic acids is 1. The SMILES string of the molecule is COc1cc(CC(=O)N[C@@H](CC(=O)O)c2cccs2)ccc1C. The number of aryl methyl sites for hydroxylation is 1. The molecule has 1 aromatic carbocycles. The zero-order valence-electron chi connectivity index (χ0n) is 13.0.